The van der Waals surface area contributed by atoms with Gasteiger partial charge in [0.2, 0.25) is 0 Å². The van der Waals surface area contributed by atoms with Crippen LogP contribution >= 0.6 is 15.9 Å². The monoisotopic (exact) mass is 365 g/mol. The number of anilines is 1. The van der Waals surface area contributed by atoms with E-state index in [1.165, 1.54) is 7.11 Å². The Kier molecular flexibility index (Phi) is 5.27. The molecule has 0 spiro atoms. The van der Waals surface area contributed by atoms with Gasteiger partial charge in [-0.05, 0) is 52.3 Å². The fourth-order valence-corrected chi connectivity index (χ4v) is 2.53. The summed E-state index contributed by atoms with van der Waals surface area (Å²) in [6, 6.07) is 10.4. The van der Waals surface area contributed by atoms with Crippen LogP contribution in [0.25, 0.3) is 0 Å². The van der Waals surface area contributed by atoms with Gasteiger partial charge in [0.15, 0.2) is 11.5 Å². The van der Waals surface area contributed by atoms with E-state index in [1.807, 2.05) is 0 Å². The van der Waals surface area contributed by atoms with Crippen LogP contribution in [-0.4, -0.2) is 27.2 Å². The Morgan fingerprint density at radius 1 is 1.00 bits per heavy atom. The van der Waals surface area contributed by atoms with Crippen LogP contribution in [0.2, 0.25) is 0 Å². The van der Waals surface area contributed by atoms with Crippen molar-refractivity contribution in [2.24, 2.45) is 0 Å². The van der Waals surface area contributed by atoms with Crippen molar-refractivity contribution in [2.75, 3.05) is 26.6 Å². The summed E-state index contributed by atoms with van der Waals surface area (Å²) >= 11 is 3.37. The van der Waals surface area contributed by atoms with Crippen LogP contribution in [0.1, 0.15) is 10.4 Å². The Bertz CT molecular complexity index is 671. The third kappa shape index (κ3) is 3.51. The van der Waals surface area contributed by atoms with Gasteiger partial charge in [0, 0.05) is 11.3 Å². The highest BCUT2D eigenvalue weighted by molar-refractivity contribution is 9.10. The molecule has 2 aromatic rings. The number of hydrogen-bond donors (Lipinski definition) is 1. The van der Waals surface area contributed by atoms with E-state index in [-0.39, 0.29) is 5.91 Å². The summed E-state index contributed by atoms with van der Waals surface area (Å²) in [6.07, 6.45) is 0. The minimum Gasteiger partial charge on any atom is -0.497 e. The molecule has 2 rings (SSSR count). The molecule has 6 heteroatoms. The van der Waals surface area contributed by atoms with Crippen LogP contribution in [0.15, 0.2) is 40.9 Å². The van der Waals surface area contributed by atoms with Crippen LogP contribution in [-0.2, 0) is 0 Å². The molecule has 0 radical (unpaired) electrons. The molecular formula is C16H16BrNO4. The molecule has 116 valence electrons. The van der Waals surface area contributed by atoms with E-state index in [1.54, 1.807) is 50.6 Å². The van der Waals surface area contributed by atoms with Gasteiger partial charge in [-0.2, -0.15) is 0 Å². The smallest absolute Gasteiger partial charge is 0.255 e. The zero-order valence-corrected chi connectivity index (χ0v) is 14.1. The minimum atomic E-state index is -0.244. The standard InChI is InChI=1S/C16H16BrNO4/c1-20-12-6-4-11(5-7-12)18-16(19)10-8-13(17)15(22-3)14(9-10)21-2/h4-9H,1-3H3,(H,18,19). The van der Waals surface area contributed by atoms with Crippen molar-refractivity contribution in [3.8, 4) is 17.2 Å². The lowest BCUT2D eigenvalue weighted by molar-refractivity contribution is 0.102. The van der Waals surface area contributed by atoms with Gasteiger partial charge < -0.3 is 19.5 Å². The summed E-state index contributed by atoms with van der Waals surface area (Å²) < 4.78 is 16.2. The number of ether oxygens (including phenoxy) is 3. The summed E-state index contributed by atoms with van der Waals surface area (Å²) in [7, 11) is 4.66. The molecule has 0 aliphatic rings. The summed E-state index contributed by atoms with van der Waals surface area (Å²) in [5.74, 6) is 1.51. The highest BCUT2D eigenvalue weighted by Gasteiger charge is 2.15. The van der Waals surface area contributed by atoms with Crippen LogP contribution in [0, 0.1) is 0 Å². The van der Waals surface area contributed by atoms with Crippen LogP contribution in [0.4, 0.5) is 5.69 Å². The zero-order chi connectivity index (χ0) is 16.1. The third-order valence-electron chi connectivity index (χ3n) is 3.04. The lowest BCUT2D eigenvalue weighted by Crippen LogP contribution is -2.12. The molecule has 22 heavy (non-hydrogen) atoms. The quantitative estimate of drug-likeness (QED) is 0.876. The number of carbonyl (C=O) groups excluding carboxylic acids is 1. The fraction of sp³-hybridized carbons (Fsp3) is 0.188. The second-order valence-corrected chi connectivity index (χ2v) is 5.23. The third-order valence-corrected chi connectivity index (χ3v) is 3.63. The van der Waals surface area contributed by atoms with E-state index in [2.05, 4.69) is 21.2 Å². The Morgan fingerprint density at radius 2 is 1.68 bits per heavy atom. The van der Waals surface area contributed by atoms with E-state index >= 15 is 0 Å². The Hall–Kier alpha value is -2.21. The zero-order valence-electron chi connectivity index (χ0n) is 12.5. The molecule has 2 aromatic carbocycles. The molecule has 5 nitrogen and oxygen atoms in total. The van der Waals surface area contributed by atoms with Gasteiger partial charge in [0.1, 0.15) is 5.75 Å². The summed E-state index contributed by atoms with van der Waals surface area (Å²) in [6.45, 7) is 0. The minimum absolute atomic E-state index is 0.244. The second-order valence-electron chi connectivity index (χ2n) is 4.38. The largest absolute Gasteiger partial charge is 0.497 e. The van der Waals surface area contributed by atoms with Crippen molar-refractivity contribution >= 4 is 27.5 Å². The lowest BCUT2D eigenvalue weighted by atomic mass is 10.2. The number of hydrogen-bond acceptors (Lipinski definition) is 4. The predicted molar refractivity (Wildman–Crippen MR) is 88.2 cm³/mol. The molecule has 0 saturated heterocycles. The first-order valence-electron chi connectivity index (χ1n) is 6.46. The first-order chi connectivity index (χ1) is 10.6. The van der Waals surface area contributed by atoms with E-state index in [0.717, 1.165) is 5.75 Å². The Morgan fingerprint density at radius 3 is 2.23 bits per heavy atom. The topological polar surface area (TPSA) is 56.8 Å². The average molecular weight is 366 g/mol. The predicted octanol–water partition coefficient (Wildman–Crippen LogP) is 3.73. The normalized spacial score (nSPS) is 10.0. The van der Waals surface area contributed by atoms with Crippen molar-refractivity contribution in [3.63, 3.8) is 0 Å². The van der Waals surface area contributed by atoms with Crippen molar-refractivity contribution in [3.05, 3.63) is 46.4 Å². The molecule has 0 atom stereocenters. The second kappa shape index (κ2) is 7.17. The van der Waals surface area contributed by atoms with Crippen molar-refractivity contribution in [2.45, 2.75) is 0 Å². The number of rotatable bonds is 5. The highest BCUT2D eigenvalue weighted by atomic mass is 79.9. The molecule has 0 aromatic heterocycles. The van der Waals surface area contributed by atoms with Gasteiger partial charge in [-0.1, -0.05) is 0 Å². The summed E-state index contributed by atoms with van der Waals surface area (Å²) in [4.78, 5) is 12.3. The van der Waals surface area contributed by atoms with Crippen molar-refractivity contribution < 1.29 is 19.0 Å². The number of carbonyl (C=O) groups is 1. The number of methoxy groups -OCH3 is 3. The van der Waals surface area contributed by atoms with Gasteiger partial charge in [0.25, 0.3) is 5.91 Å². The lowest BCUT2D eigenvalue weighted by Gasteiger charge is -2.12. The number of benzene rings is 2. The molecule has 0 aliphatic carbocycles. The average Bonchev–Trinajstić information content (AvgIpc) is 2.54. The van der Waals surface area contributed by atoms with Gasteiger partial charge >= 0.3 is 0 Å². The maximum absolute atomic E-state index is 12.3. The highest BCUT2D eigenvalue weighted by Crippen LogP contribution is 2.36. The Balaban J connectivity index is 2.23. The molecule has 1 amide bonds. The van der Waals surface area contributed by atoms with Gasteiger partial charge in [0.05, 0.1) is 25.8 Å². The van der Waals surface area contributed by atoms with E-state index in [0.29, 0.717) is 27.2 Å². The number of halogens is 1. The van der Waals surface area contributed by atoms with Gasteiger partial charge in [-0.3, -0.25) is 4.79 Å². The van der Waals surface area contributed by atoms with Gasteiger partial charge in [-0.15, -0.1) is 0 Å². The van der Waals surface area contributed by atoms with Crippen molar-refractivity contribution in [1.82, 2.24) is 0 Å². The maximum atomic E-state index is 12.3. The summed E-state index contributed by atoms with van der Waals surface area (Å²) in [5, 5.41) is 2.81. The molecule has 0 heterocycles. The van der Waals surface area contributed by atoms with Crippen LogP contribution < -0.4 is 19.5 Å². The number of amides is 1. The van der Waals surface area contributed by atoms with Crippen molar-refractivity contribution in [1.29, 1.82) is 0 Å². The first-order valence-corrected chi connectivity index (χ1v) is 7.25. The van der Waals surface area contributed by atoms with E-state index < -0.39 is 0 Å². The molecule has 0 bridgehead atoms. The van der Waals surface area contributed by atoms with Crippen LogP contribution in [0.5, 0.6) is 17.2 Å². The summed E-state index contributed by atoms with van der Waals surface area (Å²) in [5.41, 5.74) is 1.14. The first kappa shape index (κ1) is 16.2. The van der Waals surface area contributed by atoms with E-state index in [4.69, 9.17) is 14.2 Å². The molecule has 0 fully saturated rings. The molecule has 1 N–H and O–H groups in total. The molecule has 0 unspecified atom stereocenters. The maximum Gasteiger partial charge on any atom is 0.255 e. The number of nitrogens with one attached hydrogen (secondary N) is 1. The fourth-order valence-electron chi connectivity index (χ4n) is 1.93. The molecule has 0 aliphatic heterocycles. The van der Waals surface area contributed by atoms with Crippen LogP contribution in [0.3, 0.4) is 0 Å². The van der Waals surface area contributed by atoms with Gasteiger partial charge in [-0.25, -0.2) is 0 Å². The van der Waals surface area contributed by atoms with E-state index in [9.17, 15) is 4.79 Å². The molecule has 0 saturated carbocycles. The SMILES string of the molecule is COc1ccc(NC(=O)c2cc(Br)c(OC)c(OC)c2)cc1. The molecular weight excluding hydrogens is 350 g/mol. The Labute approximate surface area is 137 Å².